The maximum Gasteiger partial charge on any atom is 0.339 e. The summed E-state index contributed by atoms with van der Waals surface area (Å²) in [7, 11) is 1.87. The summed E-state index contributed by atoms with van der Waals surface area (Å²) in [6.45, 7) is 10.8. The molecule has 0 amide bonds. The number of imidazole rings is 1. The molecule has 0 unspecified atom stereocenters. The number of nitrogens with one attached hydrogen (secondary N) is 1. The Morgan fingerprint density at radius 1 is 1.15 bits per heavy atom. The molecule has 1 aromatic heterocycles. The normalized spacial score (nSPS) is 11.5. The largest absolute Gasteiger partial charge is 0.465 e. The van der Waals surface area contributed by atoms with Gasteiger partial charge in [0.1, 0.15) is 11.4 Å². The summed E-state index contributed by atoms with van der Waals surface area (Å²) in [4.78, 5) is 17.3. The number of esters is 1. The Labute approximate surface area is 201 Å². The first-order valence-corrected chi connectivity index (χ1v) is 11.6. The number of ether oxygens (including phenoxy) is 2. The lowest BCUT2D eigenvalue weighted by molar-refractivity contribution is 0.00704. The zero-order valence-corrected chi connectivity index (χ0v) is 20.9. The van der Waals surface area contributed by atoms with Gasteiger partial charge in [-0.15, -0.1) is 0 Å². The first kappa shape index (κ1) is 25.4. The van der Waals surface area contributed by atoms with Crippen LogP contribution in [0.3, 0.4) is 0 Å². The summed E-state index contributed by atoms with van der Waals surface area (Å²) in [5, 5.41) is 3.16. The first-order chi connectivity index (χ1) is 16.2. The minimum absolute atomic E-state index is 0.291. The topological polar surface area (TPSA) is 65.4 Å². The number of rotatable bonds is 9. The van der Waals surface area contributed by atoms with Gasteiger partial charge in [0.15, 0.2) is 0 Å². The van der Waals surface area contributed by atoms with Gasteiger partial charge in [0, 0.05) is 12.1 Å². The molecule has 3 rings (SSSR count). The minimum Gasteiger partial charge on any atom is -0.465 e. The lowest BCUT2D eigenvalue weighted by atomic mass is 9.98. The van der Waals surface area contributed by atoms with Gasteiger partial charge in [-0.2, -0.15) is 4.98 Å². The summed E-state index contributed by atoms with van der Waals surface area (Å²) in [6, 6.07) is 12.6. The Kier molecular flexibility index (Phi) is 8.10. The molecular weight excluding hydrogens is 433 g/mol. The summed E-state index contributed by atoms with van der Waals surface area (Å²) in [6.07, 6.45) is 0.757. The molecule has 0 aliphatic rings. The van der Waals surface area contributed by atoms with Gasteiger partial charge in [-0.25, -0.2) is 9.18 Å². The van der Waals surface area contributed by atoms with Crippen LogP contribution in [0.25, 0.3) is 11.1 Å². The van der Waals surface area contributed by atoms with Crippen molar-refractivity contribution in [2.75, 3.05) is 13.7 Å². The summed E-state index contributed by atoms with van der Waals surface area (Å²) in [5.74, 6) is -0.794. The molecule has 0 radical (unpaired) electrons. The maximum absolute atomic E-state index is 15.3. The Bertz CT molecular complexity index is 1150. The third-order valence-corrected chi connectivity index (χ3v) is 5.31. The zero-order chi connectivity index (χ0) is 24.9. The molecule has 34 heavy (non-hydrogen) atoms. The number of nitrogens with zero attached hydrogens (tertiary/aromatic N) is 2. The van der Waals surface area contributed by atoms with Crippen LogP contribution in [-0.4, -0.2) is 34.8 Å². The highest BCUT2D eigenvalue weighted by atomic mass is 19.1. The van der Waals surface area contributed by atoms with Crippen molar-refractivity contribution in [1.82, 2.24) is 14.9 Å². The van der Waals surface area contributed by atoms with Crippen molar-refractivity contribution in [3.63, 3.8) is 0 Å². The molecule has 0 saturated heterocycles. The van der Waals surface area contributed by atoms with Crippen LogP contribution in [0.5, 0.6) is 6.01 Å². The SMILES string of the molecule is CCOc1nc(CC)c(CNC)n1Cc1ccc(-c2ccccc2C(=O)OC(C)(C)C)cc1F. The molecular formula is C27H34FN3O3. The highest BCUT2D eigenvalue weighted by Gasteiger charge is 2.22. The Morgan fingerprint density at radius 3 is 2.50 bits per heavy atom. The molecule has 0 atom stereocenters. The van der Waals surface area contributed by atoms with Crippen molar-refractivity contribution >= 4 is 5.97 Å². The van der Waals surface area contributed by atoms with Crippen LogP contribution in [0, 0.1) is 5.82 Å². The maximum atomic E-state index is 15.3. The Morgan fingerprint density at radius 2 is 1.88 bits per heavy atom. The molecule has 2 aromatic carbocycles. The van der Waals surface area contributed by atoms with Crippen LogP contribution in [0.4, 0.5) is 4.39 Å². The van der Waals surface area contributed by atoms with E-state index in [1.807, 2.05) is 58.4 Å². The third-order valence-electron chi connectivity index (χ3n) is 5.31. The second-order valence-electron chi connectivity index (χ2n) is 9.04. The molecule has 1 heterocycles. The molecule has 0 spiro atoms. The van der Waals surface area contributed by atoms with Crippen molar-refractivity contribution < 1.29 is 18.7 Å². The van der Waals surface area contributed by atoms with E-state index in [-0.39, 0.29) is 5.82 Å². The quantitative estimate of drug-likeness (QED) is 0.429. The number of aromatic nitrogens is 2. The van der Waals surface area contributed by atoms with Crippen LogP contribution in [0.2, 0.25) is 0 Å². The van der Waals surface area contributed by atoms with E-state index < -0.39 is 11.6 Å². The molecule has 182 valence electrons. The summed E-state index contributed by atoms with van der Waals surface area (Å²) < 4.78 is 28.5. The first-order valence-electron chi connectivity index (χ1n) is 11.6. The van der Waals surface area contributed by atoms with Gasteiger partial charge in [0.25, 0.3) is 6.01 Å². The molecule has 0 bridgehead atoms. The van der Waals surface area contributed by atoms with Crippen LogP contribution in [0.15, 0.2) is 42.5 Å². The average Bonchev–Trinajstić information content (AvgIpc) is 3.10. The van der Waals surface area contributed by atoms with Crippen LogP contribution in [0.1, 0.15) is 61.9 Å². The van der Waals surface area contributed by atoms with Gasteiger partial charge in [0.05, 0.1) is 30.1 Å². The molecule has 1 N–H and O–H groups in total. The molecule has 0 aliphatic heterocycles. The molecule has 3 aromatic rings. The molecule has 6 nitrogen and oxygen atoms in total. The van der Waals surface area contributed by atoms with Gasteiger partial charge < -0.3 is 14.8 Å². The van der Waals surface area contributed by atoms with E-state index in [2.05, 4.69) is 10.3 Å². The van der Waals surface area contributed by atoms with Crippen molar-refractivity contribution in [1.29, 1.82) is 0 Å². The van der Waals surface area contributed by atoms with E-state index in [0.717, 1.165) is 17.8 Å². The standard InChI is InChI=1S/C27H34FN3O3/c1-7-23-24(16-29-6)31(26(30-23)33-8-2)17-19-14-13-18(15-22(19)28)20-11-9-10-12-21(20)25(32)34-27(3,4)5/h9-15,29H,7-8,16-17H2,1-6H3. The zero-order valence-electron chi connectivity index (χ0n) is 20.9. The molecule has 7 heteroatoms. The van der Waals surface area contributed by atoms with Gasteiger partial charge in [-0.3, -0.25) is 4.57 Å². The lowest BCUT2D eigenvalue weighted by Crippen LogP contribution is -2.24. The number of hydrogen-bond acceptors (Lipinski definition) is 5. The van der Waals surface area contributed by atoms with E-state index in [1.165, 1.54) is 6.07 Å². The fraction of sp³-hybridized carbons (Fsp3) is 0.407. The van der Waals surface area contributed by atoms with Crippen molar-refractivity contribution in [3.8, 4) is 17.1 Å². The van der Waals surface area contributed by atoms with Crippen molar-refractivity contribution in [2.45, 2.75) is 59.7 Å². The minimum atomic E-state index is -0.620. The highest BCUT2D eigenvalue weighted by Crippen LogP contribution is 2.29. The van der Waals surface area contributed by atoms with Gasteiger partial charge in [-0.1, -0.05) is 37.3 Å². The van der Waals surface area contributed by atoms with Gasteiger partial charge >= 0.3 is 5.97 Å². The van der Waals surface area contributed by atoms with Crippen molar-refractivity contribution in [2.24, 2.45) is 0 Å². The fourth-order valence-electron chi connectivity index (χ4n) is 3.82. The smallest absolute Gasteiger partial charge is 0.339 e. The van der Waals surface area contributed by atoms with Crippen molar-refractivity contribution in [3.05, 3.63) is 70.8 Å². The fourth-order valence-corrected chi connectivity index (χ4v) is 3.82. The van der Waals surface area contributed by atoms with E-state index >= 15 is 4.39 Å². The summed E-state index contributed by atoms with van der Waals surface area (Å²) >= 11 is 0. The predicted octanol–water partition coefficient (Wildman–Crippen LogP) is 5.37. The summed E-state index contributed by atoms with van der Waals surface area (Å²) in [5.41, 5.74) is 3.45. The average molecular weight is 468 g/mol. The number of carbonyl (C=O) groups excluding carboxylic acids is 1. The number of hydrogen-bond donors (Lipinski definition) is 1. The second kappa shape index (κ2) is 10.8. The number of benzene rings is 2. The number of aryl methyl sites for hydroxylation is 1. The number of carbonyl (C=O) groups is 1. The molecule has 0 aliphatic carbocycles. The molecule has 0 saturated carbocycles. The van der Waals surface area contributed by atoms with E-state index in [0.29, 0.717) is 48.0 Å². The Hall–Kier alpha value is -3.19. The van der Waals surface area contributed by atoms with Crippen LogP contribution in [-0.2, 0) is 24.2 Å². The number of halogens is 1. The molecule has 0 fully saturated rings. The van der Waals surface area contributed by atoms with E-state index in [4.69, 9.17) is 9.47 Å². The monoisotopic (exact) mass is 467 g/mol. The lowest BCUT2D eigenvalue weighted by Gasteiger charge is -2.20. The van der Waals surface area contributed by atoms with Gasteiger partial charge in [0.2, 0.25) is 0 Å². The Balaban J connectivity index is 1.97. The van der Waals surface area contributed by atoms with E-state index in [1.54, 1.807) is 24.3 Å². The van der Waals surface area contributed by atoms with E-state index in [9.17, 15) is 4.79 Å². The second-order valence-corrected chi connectivity index (χ2v) is 9.04. The highest BCUT2D eigenvalue weighted by molar-refractivity contribution is 5.97. The third kappa shape index (κ3) is 5.83. The van der Waals surface area contributed by atoms with Gasteiger partial charge in [-0.05, 0) is 64.4 Å². The van der Waals surface area contributed by atoms with Crippen LogP contribution >= 0.6 is 0 Å². The predicted molar refractivity (Wildman–Crippen MR) is 132 cm³/mol. The van der Waals surface area contributed by atoms with Crippen LogP contribution < -0.4 is 10.1 Å².